The van der Waals surface area contributed by atoms with Gasteiger partial charge in [-0.25, -0.2) is 4.98 Å². The molecule has 1 heterocycles. The van der Waals surface area contributed by atoms with Crippen molar-refractivity contribution in [2.75, 3.05) is 5.75 Å². The van der Waals surface area contributed by atoms with Gasteiger partial charge < -0.3 is 0 Å². The van der Waals surface area contributed by atoms with Crippen LogP contribution in [-0.2, 0) is 0 Å². The first-order valence-electron chi connectivity index (χ1n) is 5.10. The molecule has 2 aromatic rings. The van der Waals surface area contributed by atoms with Gasteiger partial charge in [-0.2, -0.15) is 0 Å². The van der Waals surface area contributed by atoms with Gasteiger partial charge in [-0.05, 0) is 19.1 Å². The van der Waals surface area contributed by atoms with Crippen LogP contribution in [0.3, 0.4) is 0 Å². The highest BCUT2D eigenvalue weighted by Gasteiger charge is 2.05. The minimum Gasteiger partial charge on any atom is -0.258 e. The summed E-state index contributed by atoms with van der Waals surface area (Å²) in [4.78, 5) is 4.42. The second-order valence-electron chi connectivity index (χ2n) is 3.72. The number of thioether (sulfide) groups is 1. The number of hydrogen-bond donors (Lipinski definition) is 1. The van der Waals surface area contributed by atoms with E-state index < -0.39 is 0 Å². The number of nitrogens with zero attached hydrogens (tertiary/aromatic N) is 2. The van der Waals surface area contributed by atoms with Crippen LogP contribution in [-0.4, -0.2) is 20.9 Å². The maximum absolute atomic E-state index is 4.42. The number of rotatable bonds is 4. The number of aromatic amines is 1. The van der Waals surface area contributed by atoms with Crippen molar-refractivity contribution >= 4 is 27.7 Å². The molecule has 0 aliphatic carbocycles. The summed E-state index contributed by atoms with van der Waals surface area (Å²) in [6, 6.07) is 7.96. The van der Waals surface area contributed by atoms with Crippen molar-refractivity contribution in [3.63, 3.8) is 0 Å². The van der Waals surface area contributed by atoms with E-state index in [4.69, 9.17) is 0 Å². The molecular weight excluding hydrogens is 298 g/mol. The van der Waals surface area contributed by atoms with E-state index in [2.05, 4.69) is 37.7 Å². The molecule has 0 atom stereocenters. The Hall–Kier alpha value is -1.07. The first-order valence-corrected chi connectivity index (χ1v) is 6.88. The first kappa shape index (κ1) is 12.4. The zero-order valence-corrected chi connectivity index (χ0v) is 11.8. The van der Waals surface area contributed by atoms with E-state index in [1.54, 1.807) is 11.8 Å². The highest BCUT2D eigenvalue weighted by Crippen LogP contribution is 2.21. The van der Waals surface area contributed by atoms with Gasteiger partial charge in [0.25, 0.3) is 0 Å². The fourth-order valence-electron chi connectivity index (χ4n) is 1.24. The molecule has 2 rings (SSSR count). The molecule has 0 saturated heterocycles. The average Bonchev–Trinajstić information content (AvgIpc) is 2.76. The van der Waals surface area contributed by atoms with Gasteiger partial charge in [-0.3, -0.25) is 5.10 Å². The van der Waals surface area contributed by atoms with E-state index in [1.807, 2.05) is 31.2 Å². The Morgan fingerprint density at radius 3 is 2.76 bits per heavy atom. The van der Waals surface area contributed by atoms with Gasteiger partial charge >= 0.3 is 0 Å². The molecule has 0 saturated carbocycles. The summed E-state index contributed by atoms with van der Waals surface area (Å²) in [7, 11) is 0. The summed E-state index contributed by atoms with van der Waals surface area (Å²) in [5.41, 5.74) is 2.15. The van der Waals surface area contributed by atoms with Crippen molar-refractivity contribution in [2.45, 2.75) is 12.1 Å². The number of H-pyrrole nitrogens is 1. The molecule has 88 valence electrons. The van der Waals surface area contributed by atoms with Crippen molar-refractivity contribution in [1.29, 1.82) is 0 Å². The normalized spacial score (nSPS) is 10.5. The highest BCUT2D eigenvalue weighted by molar-refractivity contribution is 9.10. The summed E-state index contributed by atoms with van der Waals surface area (Å²) in [5, 5.41) is 7.85. The molecule has 0 bridgehead atoms. The fourth-order valence-corrected chi connectivity index (χ4v) is 2.14. The largest absolute Gasteiger partial charge is 0.258 e. The predicted octanol–water partition coefficient (Wildman–Crippen LogP) is 3.90. The molecule has 0 spiro atoms. The van der Waals surface area contributed by atoms with Gasteiger partial charge in [0.15, 0.2) is 5.82 Å². The number of benzene rings is 1. The third-order valence-electron chi connectivity index (χ3n) is 2.03. The van der Waals surface area contributed by atoms with Gasteiger partial charge in [0.1, 0.15) is 0 Å². The smallest absolute Gasteiger partial charge is 0.209 e. The molecule has 0 radical (unpaired) electrons. The second kappa shape index (κ2) is 5.51. The topological polar surface area (TPSA) is 41.6 Å². The van der Waals surface area contributed by atoms with E-state index in [9.17, 15) is 0 Å². The molecule has 0 aliphatic rings. The number of hydrogen-bond acceptors (Lipinski definition) is 3. The molecule has 1 N–H and O–H groups in total. The van der Waals surface area contributed by atoms with Gasteiger partial charge in [0.05, 0.1) is 0 Å². The first-order chi connectivity index (χ1) is 8.15. The van der Waals surface area contributed by atoms with E-state index >= 15 is 0 Å². The lowest BCUT2D eigenvalue weighted by molar-refractivity contribution is 0.974. The predicted molar refractivity (Wildman–Crippen MR) is 75.1 cm³/mol. The Kier molecular flexibility index (Phi) is 4.02. The quantitative estimate of drug-likeness (QED) is 0.688. The van der Waals surface area contributed by atoms with Crippen LogP contribution in [0, 0.1) is 0 Å². The maximum atomic E-state index is 4.42. The van der Waals surface area contributed by atoms with Crippen LogP contribution in [0.5, 0.6) is 0 Å². The molecule has 5 heteroatoms. The lowest BCUT2D eigenvalue weighted by atomic mass is 10.2. The maximum Gasteiger partial charge on any atom is 0.209 e. The lowest BCUT2D eigenvalue weighted by Gasteiger charge is -1.95. The summed E-state index contributed by atoms with van der Waals surface area (Å²) < 4.78 is 1.05. The standard InChI is InChI=1S/C12H12BrN3S/c1-8(2)7-17-12-14-11(15-16-12)9-3-5-10(13)6-4-9/h3-6H,1,7H2,2H3,(H,14,15,16). The SMILES string of the molecule is C=C(C)CSc1n[nH]c(-c2ccc(Br)cc2)n1. The van der Waals surface area contributed by atoms with Crippen LogP contribution in [0.15, 0.2) is 46.0 Å². The molecule has 0 unspecified atom stereocenters. The van der Waals surface area contributed by atoms with Crippen molar-refractivity contribution in [3.05, 3.63) is 40.9 Å². The van der Waals surface area contributed by atoms with Crippen LogP contribution in [0.25, 0.3) is 11.4 Å². The molecule has 3 nitrogen and oxygen atoms in total. The third-order valence-corrected chi connectivity index (χ3v) is 3.64. The van der Waals surface area contributed by atoms with E-state index in [0.29, 0.717) is 0 Å². The van der Waals surface area contributed by atoms with Crippen LogP contribution in [0.1, 0.15) is 6.92 Å². The van der Waals surface area contributed by atoms with Gasteiger partial charge in [-0.15, -0.1) is 5.10 Å². The lowest BCUT2D eigenvalue weighted by Crippen LogP contribution is -1.81. The monoisotopic (exact) mass is 309 g/mol. The molecule has 1 aromatic carbocycles. The van der Waals surface area contributed by atoms with Crippen LogP contribution in [0.2, 0.25) is 0 Å². The fraction of sp³-hybridized carbons (Fsp3) is 0.167. The van der Waals surface area contributed by atoms with Crippen molar-refractivity contribution in [2.24, 2.45) is 0 Å². The Morgan fingerprint density at radius 2 is 2.12 bits per heavy atom. The van der Waals surface area contributed by atoms with Crippen LogP contribution < -0.4 is 0 Å². The summed E-state index contributed by atoms with van der Waals surface area (Å²) >= 11 is 4.99. The summed E-state index contributed by atoms with van der Waals surface area (Å²) in [6.07, 6.45) is 0. The summed E-state index contributed by atoms with van der Waals surface area (Å²) in [5.74, 6) is 1.64. The van der Waals surface area contributed by atoms with Gasteiger partial charge in [0.2, 0.25) is 5.16 Å². The number of aromatic nitrogens is 3. The van der Waals surface area contributed by atoms with E-state index in [-0.39, 0.29) is 0 Å². The minimum atomic E-state index is 0.755. The van der Waals surface area contributed by atoms with E-state index in [0.717, 1.165) is 32.3 Å². The molecule has 0 amide bonds. The van der Waals surface area contributed by atoms with Gasteiger partial charge in [-0.1, -0.05) is 52.0 Å². The second-order valence-corrected chi connectivity index (χ2v) is 5.58. The summed E-state index contributed by atoms with van der Waals surface area (Å²) in [6.45, 7) is 5.85. The van der Waals surface area contributed by atoms with E-state index in [1.165, 1.54) is 0 Å². The molecule has 0 aliphatic heterocycles. The van der Waals surface area contributed by atoms with Crippen molar-refractivity contribution < 1.29 is 0 Å². The van der Waals surface area contributed by atoms with Crippen molar-refractivity contribution in [1.82, 2.24) is 15.2 Å². The Morgan fingerprint density at radius 1 is 1.41 bits per heavy atom. The zero-order valence-electron chi connectivity index (χ0n) is 9.40. The highest BCUT2D eigenvalue weighted by atomic mass is 79.9. The van der Waals surface area contributed by atoms with Crippen molar-refractivity contribution in [3.8, 4) is 11.4 Å². The molecule has 17 heavy (non-hydrogen) atoms. The number of halogens is 1. The Balaban J connectivity index is 2.12. The van der Waals surface area contributed by atoms with Crippen LogP contribution >= 0.6 is 27.7 Å². The zero-order chi connectivity index (χ0) is 12.3. The molecule has 1 aromatic heterocycles. The number of nitrogens with one attached hydrogen (secondary N) is 1. The third kappa shape index (κ3) is 3.44. The average molecular weight is 310 g/mol. The minimum absolute atomic E-state index is 0.755. The van der Waals surface area contributed by atoms with Gasteiger partial charge in [0, 0.05) is 15.8 Å². The Labute approximate surface area is 113 Å². The molecule has 0 fully saturated rings. The Bertz CT molecular complexity index is 519. The molecular formula is C12H12BrN3S. The van der Waals surface area contributed by atoms with Crippen LogP contribution in [0.4, 0.5) is 0 Å².